The summed E-state index contributed by atoms with van der Waals surface area (Å²) < 4.78 is 28.3. The minimum atomic E-state index is -3.61. The van der Waals surface area contributed by atoms with Crippen molar-refractivity contribution in [1.29, 1.82) is 0 Å². The highest BCUT2D eigenvalue weighted by molar-refractivity contribution is 7.89. The predicted molar refractivity (Wildman–Crippen MR) is 77.6 cm³/mol. The molecule has 1 aromatic carbocycles. The summed E-state index contributed by atoms with van der Waals surface area (Å²) in [6, 6.07) is 9.68. The van der Waals surface area contributed by atoms with Crippen molar-refractivity contribution in [2.75, 3.05) is 12.3 Å². The van der Waals surface area contributed by atoms with E-state index in [1.807, 2.05) is 37.3 Å². The SMILES string of the molecule is CCn1cc(S(=O)(=O)NCCc2ccccc2)c(N)n1. The average Bonchev–Trinajstić information content (AvgIpc) is 2.82. The summed E-state index contributed by atoms with van der Waals surface area (Å²) in [5.74, 6) is 0.0269. The minimum absolute atomic E-state index is 0.0269. The number of aryl methyl sites for hydroxylation is 1. The van der Waals surface area contributed by atoms with E-state index in [1.54, 1.807) is 0 Å². The lowest BCUT2D eigenvalue weighted by Crippen LogP contribution is -2.26. The van der Waals surface area contributed by atoms with E-state index in [2.05, 4.69) is 9.82 Å². The average molecular weight is 294 g/mol. The van der Waals surface area contributed by atoms with Crippen LogP contribution in [-0.4, -0.2) is 24.7 Å². The molecule has 0 aliphatic rings. The number of sulfonamides is 1. The molecule has 7 heteroatoms. The van der Waals surface area contributed by atoms with Crippen LogP contribution in [0.5, 0.6) is 0 Å². The molecule has 0 aliphatic carbocycles. The summed E-state index contributed by atoms with van der Waals surface area (Å²) in [5, 5.41) is 3.94. The van der Waals surface area contributed by atoms with Gasteiger partial charge in [-0.2, -0.15) is 5.10 Å². The van der Waals surface area contributed by atoms with E-state index in [-0.39, 0.29) is 10.7 Å². The molecule has 0 saturated carbocycles. The molecule has 0 spiro atoms. The van der Waals surface area contributed by atoms with Crippen LogP contribution in [0.3, 0.4) is 0 Å². The first-order chi connectivity index (χ1) is 9.53. The highest BCUT2D eigenvalue weighted by atomic mass is 32.2. The van der Waals surface area contributed by atoms with Gasteiger partial charge in [0.1, 0.15) is 4.90 Å². The first-order valence-electron chi connectivity index (χ1n) is 6.39. The number of anilines is 1. The molecular weight excluding hydrogens is 276 g/mol. The van der Waals surface area contributed by atoms with Gasteiger partial charge in [-0.1, -0.05) is 30.3 Å². The maximum atomic E-state index is 12.1. The molecule has 0 aliphatic heterocycles. The standard InChI is InChI=1S/C13H18N4O2S/c1-2-17-10-12(13(14)16-17)20(18,19)15-9-8-11-6-4-3-5-7-11/h3-7,10,15H,2,8-9H2,1H3,(H2,14,16). The topological polar surface area (TPSA) is 90.0 Å². The minimum Gasteiger partial charge on any atom is -0.381 e. The first-order valence-corrected chi connectivity index (χ1v) is 7.88. The van der Waals surface area contributed by atoms with E-state index in [0.29, 0.717) is 19.5 Å². The molecule has 0 bridgehead atoms. The molecule has 0 amide bonds. The van der Waals surface area contributed by atoms with Crippen LogP contribution in [-0.2, 0) is 23.0 Å². The predicted octanol–water partition coefficient (Wildman–Crippen LogP) is 1.01. The number of benzene rings is 1. The van der Waals surface area contributed by atoms with Gasteiger partial charge in [-0.05, 0) is 18.9 Å². The number of nitrogen functional groups attached to an aromatic ring is 1. The van der Waals surface area contributed by atoms with Gasteiger partial charge in [0.05, 0.1) is 0 Å². The van der Waals surface area contributed by atoms with Crippen LogP contribution in [0.2, 0.25) is 0 Å². The summed E-state index contributed by atoms with van der Waals surface area (Å²) >= 11 is 0. The third-order valence-electron chi connectivity index (χ3n) is 2.92. The van der Waals surface area contributed by atoms with E-state index in [0.717, 1.165) is 5.56 Å². The van der Waals surface area contributed by atoms with E-state index < -0.39 is 10.0 Å². The van der Waals surface area contributed by atoms with Crippen molar-refractivity contribution in [1.82, 2.24) is 14.5 Å². The number of nitrogens with zero attached hydrogens (tertiary/aromatic N) is 2. The van der Waals surface area contributed by atoms with Crippen LogP contribution in [0.1, 0.15) is 12.5 Å². The lowest BCUT2D eigenvalue weighted by atomic mass is 10.2. The van der Waals surface area contributed by atoms with Crippen LogP contribution < -0.4 is 10.5 Å². The van der Waals surface area contributed by atoms with Crippen molar-refractivity contribution in [3.8, 4) is 0 Å². The summed E-state index contributed by atoms with van der Waals surface area (Å²) in [6.07, 6.45) is 2.07. The Morgan fingerprint density at radius 3 is 2.60 bits per heavy atom. The highest BCUT2D eigenvalue weighted by Gasteiger charge is 2.20. The highest BCUT2D eigenvalue weighted by Crippen LogP contribution is 2.15. The quantitative estimate of drug-likeness (QED) is 0.832. The summed E-state index contributed by atoms with van der Waals surface area (Å²) in [5.41, 5.74) is 6.71. The maximum Gasteiger partial charge on any atom is 0.245 e. The van der Waals surface area contributed by atoms with Crippen LogP contribution in [0.15, 0.2) is 41.4 Å². The van der Waals surface area contributed by atoms with E-state index >= 15 is 0 Å². The number of hydrogen-bond acceptors (Lipinski definition) is 4. The van der Waals surface area contributed by atoms with Gasteiger partial charge in [-0.15, -0.1) is 0 Å². The van der Waals surface area contributed by atoms with Gasteiger partial charge in [-0.3, -0.25) is 4.68 Å². The molecule has 20 heavy (non-hydrogen) atoms. The van der Waals surface area contributed by atoms with Crippen molar-refractivity contribution < 1.29 is 8.42 Å². The third kappa shape index (κ3) is 3.37. The first kappa shape index (κ1) is 14.5. The number of rotatable bonds is 6. The third-order valence-corrected chi connectivity index (χ3v) is 4.39. The number of nitrogens with two attached hydrogens (primary N) is 1. The maximum absolute atomic E-state index is 12.1. The smallest absolute Gasteiger partial charge is 0.245 e. The van der Waals surface area contributed by atoms with Gasteiger partial charge < -0.3 is 5.73 Å². The van der Waals surface area contributed by atoms with Crippen molar-refractivity contribution in [2.45, 2.75) is 24.8 Å². The molecular formula is C13H18N4O2S. The second-order valence-electron chi connectivity index (χ2n) is 4.37. The lowest BCUT2D eigenvalue weighted by molar-refractivity contribution is 0.581. The molecule has 0 fully saturated rings. The van der Waals surface area contributed by atoms with Crippen LogP contribution in [0.25, 0.3) is 0 Å². The van der Waals surface area contributed by atoms with Crippen LogP contribution in [0, 0.1) is 0 Å². The lowest BCUT2D eigenvalue weighted by Gasteiger charge is -2.05. The Hall–Kier alpha value is -1.86. The van der Waals surface area contributed by atoms with E-state index in [9.17, 15) is 8.42 Å². The number of aromatic nitrogens is 2. The molecule has 2 rings (SSSR count). The molecule has 0 atom stereocenters. The Morgan fingerprint density at radius 1 is 1.30 bits per heavy atom. The van der Waals surface area contributed by atoms with Crippen LogP contribution in [0.4, 0.5) is 5.82 Å². The molecule has 0 unspecified atom stereocenters. The Morgan fingerprint density at radius 2 is 2.00 bits per heavy atom. The fraction of sp³-hybridized carbons (Fsp3) is 0.308. The Kier molecular flexibility index (Phi) is 4.41. The molecule has 0 radical (unpaired) electrons. The van der Waals surface area contributed by atoms with Crippen molar-refractivity contribution >= 4 is 15.8 Å². The second kappa shape index (κ2) is 6.06. The molecule has 1 heterocycles. The Bertz CT molecular complexity index is 665. The van der Waals surface area contributed by atoms with Gasteiger partial charge in [0.2, 0.25) is 10.0 Å². The number of hydrogen-bond donors (Lipinski definition) is 2. The van der Waals surface area contributed by atoms with Gasteiger partial charge in [0.15, 0.2) is 5.82 Å². The van der Waals surface area contributed by atoms with Gasteiger partial charge in [-0.25, -0.2) is 13.1 Å². The monoisotopic (exact) mass is 294 g/mol. The summed E-state index contributed by atoms with van der Waals surface area (Å²) in [6.45, 7) is 2.76. The largest absolute Gasteiger partial charge is 0.381 e. The van der Waals surface area contributed by atoms with Gasteiger partial charge in [0.25, 0.3) is 0 Å². The van der Waals surface area contributed by atoms with Gasteiger partial charge in [0, 0.05) is 19.3 Å². The molecule has 3 N–H and O–H groups in total. The molecule has 6 nitrogen and oxygen atoms in total. The zero-order chi connectivity index (χ0) is 14.6. The number of nitrogens with one attached hydrogen (secondary N) is 1. The van der Waals surface area contributed by atoms with E-state index in [4.69, 9.17) is 5.73 Å². The fourth-order valence-electron chi connectivity index (χ4n) is 1.84. The zero-order valence-electron chi connectivity index (χ0n) is 11.3. The summed E-state index contributed by atoms with van der Waals surface area (Å²) in [7, 11) is -3.61. The normalized spacial score (nSPS) is 11.7. The zero-order valence-corrected chi connectivity index (χ0v) is 12.1. The van der Waals surface area contributed by atoms with Crippen molar-refractivity contribution in [3.63, 3.8) is 0 Å². The Balaban J connectivity index is 2.02. The second-order valence-corrected chi connectivity index (χ2v) is 6.10. The molecule has 1 aromatic heterocycles. The van der Waals surface area contributed by atoms with Crippen LogP contribution >= 0.6 is 0 Å². The molecule has 2 aromatic rings. The Labute approximate surface area is 118 Å². The van der Waals surface area contributed by atoms with Crippen molar-refractivity contribution in [3.05, 3.63) is 42.1 Å². The molecule has 0 saturated heterocycles. The van der Waals surface area contributed by atoms with E-state index in [1.165, 1.54) is 10.9 Å². The van der Waals surface area contributed by atoms with Crippen molar-refractivity contribution in [2.24, 2.45) is 0 Å². The van der Waals surface area contributed by atoms with Gasteiger partial charge >= 0.3 is 0 Å². The fourth-order valence-corrected chi connectivity index (χ4v) is 2.94. The molecule has 108 valence electrons. The summed E-state index contributed by atoms with van der Waals surface area (Å²) in [4.78, 5) is 0.0346.